The van der Waals surface area contributed by atoms with Gasteiger partial charge in [0.2, 0.25) is 0 Å². The van der Waals surface area contributed by atoms with E-state index in [0.29, 0.717) is 12.0 Å². The zero-order chi connectivity index (χ0) is 26.8. The Bertz CT molecular complexity index is 1040. The average molecular weight is 489 g/mol. The second-order valence-corrected chi connectivity index (χ2v) is 7.79. The van der Waals surface area contributed by atoms with Gasteiger partial charge in [-0.25, -0.2) is 4.98 Å². The smallest absolute Gasteiger partial charge is 0.167 e. The molecular formula is C31H44N4O. The third kappa shape index (κ3) is 10.6. The van der Waals surface area contributed by atoms with Crippen LogP contribution in [0.15, 0.2) is 61.1 Å². The van der Waals surface area contributed by atoms with Crippen molar-refractivity contribution >= 4 is 5.78 Å². The number of likely N-dealkylation sites (N-methyl/N-ethyl adjacent to an activating group) is 1. The molecule has 2 heterocycles. The van der Waals surface area contributed by atoms with Crippen LogP contribution in [-0.4, -0.2) is 58.8 Å². The molecule has 1 N–H and O–H groups in total. The highest BCUT2D eigenvalue weighted by Gasteiger charge is 2.14. The molecule has 5 nitrogen and oxygen atoms in total. The van der Waals surface area contributed by atoms with Crippen LogP contribution in [0.4, 0.5) is 0 Å². The molecule has 1 aliphatic heterocycles. The largest absolute Gasteiger partial charge is 0.338 e. The van der Waals surface area contributed by atoms with Crippen molar-refractivity contribution in [3.63, 3.8) is 0 Å². The molecule has 4 rings (SSSR count). The summed E-state index contributed by atoms with van der Waals surface area (Å²) in [6.07, 6.45) is 3.67. The summed E-state index contributed by atoms with van der Waals surface area (Å²) >= 11 is 0. The molecule has 194 valence electrons. The molecule has 5 heteroatoms. The van der Waals surface area contributed by atoms with E-state index in [2.05, 4.69) is 62.9 Å². The zero-order valence-corrected chi connectivity index (χ0v) is 23.3. The first-order valence-electron chi connectivity index (χ1n) is 13.3. The van der Waals surface area contributed by atoms with E-state index in [1.54, 1.807) is 12.5 Å². The van der Waals surface area contributed by atoms with Crippen LogP contribution < -0.4 is 0 Å². The first kappa shape index (κ1) is 30.8. The average Bonchev–Trinajstić information content (AvgIpc) is 3.47. The number of hydrogen-bond donors (Lipinski definition) is 1. The predicted octanol–water partition coefficient (Wildman–Crippen LogP) is 6.06. The molecule has 0 unspecified atom stereocenters. The number of ketones is 1. The minimum Gasteiger partial charge on any atom is -0.338 e. The van der Waals surface area contributed by atoms with E-state index < -0.39 is 0 Å². The fraction of sp³-hybridized carbons (Fsp3) is 0.419. The Morgan fingerprint density at radius 3 is 2.14 bits per heavy atom. The number of H-pyrrole nitrogens is 1. The summed E-state index contributed by atoms with van der Waals surface area (Å²) in [4.78, 5) is 24.5. The molecule has 0 atom stereocenters. The number of aromatic nitrogens is 2. The third-order valence-electron chi connectivity index (χ3n) is 5.41. The van der Waals surface area contributed by atoms with E-state index in [1.807, 2.05) is 65.8 Å². The number of imidazole rings is 1. The van der Waals surface area contributed by atoms with Crippen molar-refractivity contribution in [2.24, 2.45) is 0 Å². The lowest BCUT2D eigenvalue weighted by Crippen LogP contribution is -2.43. The summed E-state index contributed by atoms with van der Waals surface area (Å²) in [6.45, 7) is 17.4. The van der Waals surface area contributed by atoms with Gasteiger partial charge < -0.3 is 9.88 Å². The van der Waals surface area contributed by atoms with E-state index in [9.17, 15) is 4.79 Å². The van der Waals surface area contributed by atoms with E-state index in [0.717, 1.165) is 49.5 Å². The third-order valence-corrected chi connectivity index (χ3v) is 5.41. The van der Waals surface area contributed by atoms with Crippen molar-refractivity contribution in [2.75, 3.05) is 33.2 Å². The maximum Gasteiger partial charge on any atom is 0.167 e. The molecular weight excluding hydrogens is 444 g/mol. The number of nitrogens with one attached hydrogen (secondary N) is 1. The van der Waals surface area contributed by atoms with Crippen molar-refractivity contribution in [3.8, 4) is 11.8 Å². The zero-order valence-electron chi connectivity index (χ0n) is 23.3. The number of nitrogens with zero attached hydrogens (tertiary/aromatic N) is 3. The number of Topliss-reactive ketones (excluding diaryl/α,β-unsaturated/α-hetero) is 1. The Morgan fingerprint density at radius 1 is 0.889 bits per heavy atom. The van der Waals surface area contributed by atoms with Crippen LogP contribution in [0.2, 0.25) is 0 Å². The maximum atomic E-state index is 12.8. The van der Waals surface area contributed by atoms with Crippen LogP contribution in [0.1, 0.15) is 74.3 Å². The number of carbonyl (C=O) groups excluding carboxylic acids is 1. The number of benzene rings is 2. The van der Waals surface area contributed by atoms with Gasteiger partial charge in [-0.2, -0.15) is 0 Å². The summed E-state index contributed by atoms with van der Waals surface area (Å²) in [7, 11) is 2.17. The first-order valence-corrected chi connectivity index (χ1v) is 13.3. The van der Waals surface area contributed by atoms with Crippen LogP contribution in [0, 0.1) is 11.8 Å². The topological polar surface area (TPSA) is 52.2 Å². The summed E-state index contributed by atoms with van der Waals surface area (Å²) in [6, 6.07) is 15.9. The SMILES string of the molecule is CC.CC.CC.CN1CCN(Cc2ccc(CC(=O)c3cccc(C#Cc4cnc[nH]4)c3)cc2)CC1. The van der Waals surface area contributed by atoms with E-state index in [1.165, 1.54) is 5.56 Å². The minimum absolute atomic E-state index is 0.104. The Labute approximate surface area is 219 Å². The molecule has 3 aromatic rings. The molecule has 1 fully saturated rings. The molecule has 2 aromatic carbocycles. The van der Waals surface area contributed by atoms with Gasteiger partial charge in [-0.3, -0.25) is 9.69 Å². The van der Waals surface area contributed by atoms with Gasteiger partial charge in [0.25, 0.3) is 0 Å². The number of aromatic amines is 1. The molecule has 0 amide bonds. The summed E-state index contributed by atoms with van der Waals surface area (Å²) < 4.78 is 0. The summed E-state index contributed by atoms with van der Waals surface area (Å²) in [5, 5.41) is 0. The van der Waals surface area contributed by atoms with Gasteiger partial charge >= 0.3 is 0 Å². The second kappa shape index (κ2) is 18.1. The van der Waals surface area contributed by atoms with Crippen LogP contribution in [0.3, 0.4) is 0 Å². The molecule has 1 aliphatic rings. The highest BCUT2D eigenvalue weighted by Crippen LogP contribution is 2.13. The maximum absolute atomic E-state index is 12.8. The highest BCUT2D eigenvalue weighted by atomic mass is 16.1. The predicted molar refractivity (Wildman–Crippen MR) is 152 cm³/mol. The van der Waals surface area contributed by atoms with Gasteiger partial charge in [0.05, 0.1) is 12.5 Å². The van der Waals surface area contributed by atoms with Gasteiger partial charge in [-0.15, -0.1) is 0 Å². The number of carbonyl (C=O) groups is 1. The van der Waals surface area contributed by atoms with Crippen LogP contribution in [0.5, 0.6) is 0 Å². The van der Waals surface area contributed by atoms with Crippen LogP contribution in [0.25, 0.3) is 0 Å². The number of hydrogen-bond acceptors (Lipinski definition) is 4. The Hall–Kier alpha value is -3.20. The molecule has 0 bridgehead atoms. The van der Waals surface area contributed by atoms with Crippen molar-refractivity contribution < 1.29 is 4.79 Å². The molecule has 1 saturated heterocycles. The highest BCUT2D eigenvalue weighted by molar-refractivity contribution is 5.97. The quantitative estimate of drug-likeness (QED) is 0.350. The Balaban J connectivity index is 0.00000101. The summed E-state index contributed by atoms with van der Waals surface area (Å²) in [5.41, 5.74) is 4.59. The van der Waals surface area contributed by atoms with Gasteiger partial charge in [0.15, 0.2) is 5.78 Å². The van der Waals surface area contributed by atoms with Crippen molar-refractivity contribution in [2.45, 2.75) is 54.5 Å². The molecule has 1 aromatic heterocycles. The molecule has 36 heavy (non-hydrogen) atoms. The minimum atomic E-state index is 0.104. The molecule has 0 radical (unpaired) electrons. The van der Waals surface area contributed by atoms with E-state index in [4.69, 9.17) is 0 Å². The standard InChI is InChI=1S/C25H26N4O.3C2H6/c1-28-11-13-29(14-12-28)18-22-7-5-21(6-8-22)16-25(30)23-4-2-3-20(15-23)9-10-24-17-26-19-27-24;3*1-2/h2-8,15,17,19H,11-14,16,18H2,1H3,(H,26,27);3*1-2H3. The van der Waals surface area contributed by atoms with Crippen LogP contribution >= 0.6 is 0 Å². The van der Waals surface area contributed by atoms with Gasteiger partial charge in [-0.05, 0) is 36.2 Å². The lowest BCUT2D eigenvalue weighted by atomic mass is 10.0. The van der Waals surface area contributed by atoms with Crippen molar-refractivity contribution in [1.29, 1.82) is 0 Å². The fourth-order valence-electron chi connectivity index (χ4n) is 3.55. The fourth-order valence-corrected chi connectivity index (χ4v) is 3.55. The lowest BCUT2D eigenvalue weighted by molar-refractivity contribution is 0.0993. The van der Waals surface area contributed by atoms with E-state index >= 15 is 0 Å². The van der Waals surface area contributed by atoms with Crippen molar-refractivity contribution in [3.05, 3.63) is 89.0 Å². The molecule has 0 saturated carbocycles. The van der Waals surface area contributed by atoms with Gasteiger partial charge in [0, 0.05) is 50.3 Å². The molecule has 0 aliphatic carbocycles. The van der Waals surface area contributed by atoms with Crippen molar-refractivity contribution in [1.82, 2.24) is 19.8 Å². The molecule has 0 spiro atoms. The van der Waals surface area contributed by atoms with Gasteiger partial charge in [0.1, 0.15) is 5.69 Å². The van der Waals surface area contributed by atoms with Gasteiger partial charge in [-0.1, -0.05) is 83.9 Å². The first-order chi connectivity index (χ1) is 17.7. The normalized spacial score (nSPS) is 12.9. The number of piperazine rings is 1. The lowest BCUT2D eigenvalue weighted by Gasteiger charge is -2.32. The van der Waals surface area contributed by atoms with Crippen LogP contribution in [-0.2, 0) is 13.0 Å². The van der Waals surface area contributed by atoms with E-state index in [-0.39, 0.29) is 5.78 Å². The monoisotopic (exact) mass is 488 g/mol. The summed E-state index contributed by atoms with van der Waals surface area (Å²) in [5.74, 6) is 6.19. The number of rotatable bonds is 5. The second-order valence-electron chi connectivity index (χ2n) is 7.79. The Morgan fingerprint density at radius 2 is 1.53 bits per heavy atom. The Kier molecular flexibility index (Phi) is 15.5.